The van der Waals surface area contributed by atoms with Gasteiger partial charge in [-0.15, -0.1) is 0 Å². The molecule has 0 aliphatic carbocycles. The summed E-state index contributed by atoms with van der Waals surface area (Å²) in [6, 6.07) is 10.7. The van der Waals surface area contributed by atoms with E-state index >= 15 is 0 Å². The monoisotopic (exact) mass is 286 g/mol. The van der Waals surface area contributed by atoms with Crippen LogP contribution < -0.4 is 10.6 Å². The second-order valence-electron chi connectivity index (χ2n) is 4.49. The lowest BCUT2D eigenvalue weighted by Gasteiger charge is -2.12. The van der Waals surface area contributed by atoms with Crippen LogP contribution in [0.15, 0.2) is 42.5 Å². The Bertz CT molecular complexity index is 698. The lowest BCUT2D eigenvalue weighted by atomic mass is 10.1. The van der Waals surface area contributed by atoms with Crippen LogP contribution in [0.2, 0.25) is 0 Å². The molecule has 0 bridgehead atoms. The molecule has 5 heteroatoms. The predicted octanol–water partition coefficient (Wildman–Crippen LogP) is 2.75. The third kappa shape index (κ3) is 3.08. The molecule has 0 saturated carbocycles. The average Bonchev–Trinajstić information content (AvgIpc) is 2.49. The van der Waals surface area contributed by atoms with Crippen LogP contribution in [0.25, 0.3) is 0 Å². The van der Waals surface area contributed by atoms with Gasteiger partial charge in [0, 0.05) is 18.3 Å². The highest BCUT2D eigenvalue weighted by atomic mass is 19.1. The number of nitrogens with one attached hydrogen (secondary N) is 2. The molecule has 0 atom stereocenters. The minimum absolute atomic E-state index is 0.0396. The van der Waals surface area contributed by atoms with E-state index in [-0.39, 0.29) is 11.5 Å². The van der Waals surface area contributed by atoms with Crippen LogP contribution in [0.1, 0.15) is 26.3 Å². The molecule has 0 spiro atoms. The van der Waals surface area contributed by atoms with Crippen LogP contribution in [-0.4, -0.2) is 18.9 Å². The van der Waals surface area contributed by atoms with E-state index in [1.165, 1.54) is 25.2 Å². The van der Waals surface area contributed by atoms with Crippen molar-refractivity contribution in [3.63, 3.8) is 0 Å². The lowest BCUT2D eigenvalue weighted by molar-refractivity contribution is 0.0960. The summed E-state index contributed by atoms with van der Waals surface area (Å²) in [5.74, 6) is -1.38. The first kappa shape index (κ1) is 14.7. The van der Waals surface area contributed by atoms with Crippen LogP contribution in [0.5, 0.6) is 0 Å². The first-order valence-corrected chi connectivity index (χ1v) is 6.42. The normalized spacial score (nSPS) is 10.0. The molecule has 2 rings (SSSR count). The quantitative estimate of drug-likeness (QED) is 0.911. The molecule has 0 aromatic heterocycles. The van der Waals surface area contributed by atoms with Crippen LogP contribution >= 0.6 is 0 Å². The predicted molar refractivity (Wildman–Crippen MR) is 78.9 cm³/mol. The third-order valence-corrected chi connectivity index (χ3v) is 3.17. The molecule has 2 aromatic rings. The van der Waals surface area contributed by atoms with Gasteiger partial charge in [0.25, 0.3) is 11.8 Å². The second kappa shape index (κ2) is 6.17. The number of anilines is 1. The van der Waals surface area contributed by atoms with E-state index < -0.39 is 11.7 Å². The topological polar surface area (TPSA) is 58.2 Å². The summed E-state index contributed by atoms with van der Waals surface area (Å²) in [4.78, 5) is 23.8. The molecule has 0 saturated heterocycles. The van der Waals surface area contributed by atoms with Gasteiger partial charge in [0.05, 0.1) is 5.56 Å². The molecule has 0 unspecified atom stereocenters. The molecular formula is C16H15FN2O2. The minimum atomic E-state index is -0.588. The van der Waals surface area contributed by atoms with Crippen molar-refractivity contribution in [2.75, 3.05) is 12.4 Å². The van der Waals surface area contributed by atoms with Crippen molar-refractivity contribution in [3.05, 3.63) is 65.0 Å². The van der Waals surface area contributed by atoms with Gasteiger partial charge in [-0.25, -0.2) is 4.39 Å². The minimum Gasteiger partial charge on any atom is -0.355 e. The zero-order valence-corrected chi connectivity index (χ0v) is 11.7. The SMILES string of the molecule is CNC(=O)c1cccc(NC(=O)c2ccccc2F)c1C. The van der Waals surface area contributed by atoms with Crippen LogP contribution in [0.4, 0.5) is 10.1 Å². The van der Waals surface area contributed by atoms with Gasteiger partial charge in [-0.1, -0.05) is 18.2 Å². The first-order chi connectivity index (χ1) is 10.0. The molecule has 4 nitrogen and oxygen atoms in total. The van der Waals surface area contributed by atoms with Gasteiger partial charge >= 0.3 is 0 Å². The maximum atomic E-state index is 13.6. The molecular weight excluding hydrogens is 271 g/mol. The Labute approximate surface area is 122 Å². The maximum absolute atomic E-state index is 13.6. The first-order valence-electron chi connectivity index (χ1n) is 6.42. The van der Waals surface area contributed by atoms with Crippen molar-refractivity contribution in [3.8, 4) is 0 Å². The highest BCUT2D eigenvalue weighted by Gasteiger charge is 2.14. The van der Waals surface area contributed by atoms with E-state index in [1.807, 2.05) is 0 Å². The fourth-order valence-electron chi connectivity index (χ4n) is 1.99. The van der Waals surface area contributed by atoms with Crippen molar-refractivity contribution in [2.45, 2.75) is 6.92 Å². The van der Waals surface area contributed by atoms with E-state index in [0.29, 0.717) is 16.8 Å². The standard InChI is InChI=1S/C16H15FN2O2/c1-10-11(15(20)18-2)7-5-9-14(10)19-16(21)12-6-3-4-8-13(12)17/h3-9H,1-2H3,(H,18,20)(H,19,21). The van der Waals surface area contributed by atoms with E-state index in [2.05, 4.69) is 10.6 Å². The van der Waals surface area contributed by atoms with Gasteiger partial charge in [0.2, 0.25) is 0 Å². The number of rotatable bonds is 3. The van der Waals surface area contributed by atoms with E-state index in [9.17, 15) is 14.0 Å². The summed E-state index contributed by atoms with van der Waals surface area (Å²) in [6.07, 6.45) is 0. The van der Waals surface area contributed by atoms with Gasteiger partial charge in [0.1, 0.15) is 5.82 Å². The number of benzene rings is 2. The number of carbonyl (C=O) groups excluding carboxylic acids is 2. The maximum Gasteiger partial charge on any atom is 0.258 e. The fraction of sp³-hybridized carbons (Fsp3) is 0.125. The van der Waals surface area contributed by atoms with Crippen molar-refractivity contribution in [2.24, 2.45) is 0 Å². The van der Waals surface area contributed by atoms with Gasteiger partial charge < -0.3 is 10.6 Å². The fourth-order valence-corrected chi connectivity index (χ4v) is 1.99. The number of carbonyl (C=O) groups is 2. The molecule has 2 amide bonds. The molecule has 0 aliphatic heterocycles. The largest absolute Gasteiger partial charge is 0.355 e. The van der Waals surface area contributed by atoms with Crippen molar-refractivity contribution in [1.82, 2.24) is 5.32 Å². The second-order valence-corrected chi connectivity index (χ2v) is 4.49. The van der Waals surface area contributed by atoms with Crippen molar-refractivity contribution >= 4 is 17.5 Å². The smallest absolute Gasteiger partial charge is 0.258 e. The summed E-state index contributed by atoms with van der Waals surface area (Å²) < 4.78 is 13.6. The van der Waals surface area contributed by atoms with Gasteiger partial charge in [-0.05, 0) is 36.8 Å². The van der Waals surface area contributed by atoms with Gasteiger partial charge in [-0.3, -0.25) is 9.59 Å². The molecule has 21 heavy (non-hydrogen) atoms. The molecule has 2 aromatic carbocycles. The number of hydrogen-bond donors (Lipinski definition) is 2. The van der Waals surface area contributed by atoms with Gasteiger partial charge in [0.15, 0.2) is 0 Å². The Kier molecular flexibility index (Phi) is 4.33. The molecule has 0 fully saturated rings. The Hall–Kier alpha value is -2.69. The molecule has 2 N–H and O–H groups in total. The molecule has 0 radical (unpaired) electrons. The van der Waals surface area contributed by atoms with Crippen LogP contribution in [0.3, 0.4) is 0 Å². The van der Waals surface area contributed by atoms with Crippen molar-refractivity contribution in [1.29, 1.82) is 0 Å². The zero-order valence-electron chi connectivity index (χ0n) is 11.7. The number of hydrogen-bond acceptors (Lipinski definition) is 2. The highest BCUT2D eigenvalue weighted by molar-refractivity contribution is 6.06. The summed E-state index contributed by atoms with van der Waals surface area (Å²) >= 11 is 0. The van der Waals surface area contributed by atoms with E-state index in [0.717, 1.165) is 0 Å². The third-order valence-electron chi connectivity index (χ3n) is 3.17. The van der Waals surface area contributed by atoms with Crippen molar-refractivity contribution < 1.29 is 14.0 Å². The summed E-state index contributed by atoms with van der Waals surface area (Å²) in [7, 11) is 1.53. The molecule has 0 heterocycles. The highest BCUT2D eigenvalue weighted by Crippen LogP contribution is 2.20. The Morgan fingerprint density at radius 2 is 1.62 bits per heavy atom. The molecule has 0 aliphatic rings. The van der Waals surface area contributed by atoms with Gasteiger partial charge in [-0.2, -0.15) is 0 Å². The van der Waals surface area contributed by atoms with Crippen LogP contribution in [-0.2, 0) is 0 Å². The number of amides is 2. The summed E-state index contributed by atoms with van der Waals surface area (Å²) in [5.41, 5.74) is 1.52. The van der Waals surface area contributed by atoms with E-state index in [1.54, 1.807) is 31.2 Å². The Morgan fingerprint density at radius 3 is 2.29 bits per heavy atom. The van der Waals surface area contributed by atoms with E-state index in [4.69, 9.17) is 0 Å². The Morgan fingerprint density at radius 1 is 0.952 bits per heavy atom. The summed E-state index contributed by atoms with van der Waals surface area (Å²) in [6.45, 7) is 1.72. The zero-order chi connectivity index (χ0) is 15.4. The summed E-state index contributed by atoms with van der Waals surface area (Å²) in [5, 5.41) is 5.16. The number of halogens is 1. The lowest BCUT2D eigenvalue weighted by Crippen LogP contribution is -2.20. The molecule has 108 valence electrons. The average molecular weight is 286 g/mol. The Balaban J connectivity index is 2.30. The van der Waals surface area contributed by atoms with Crippen LogP contribution in [0, 0.1) is 12.7 Å².